The average molecular weight is 487 g/mol. The second kappa shape index (κ2) is 13.8. The molecule has 0 unspecified atom stereocenters. The molecule has 1 aromatic rings. The van der Waals surface area contributed by atoms with Gasteiger partial charge < -0.3 is 0 Å². The van der Waals surface area contributed by atoms with Crippen LogP contribution < -0.4 is 0 Å². The van der Waals surface area contributed by atoms with Gasteiger partial charge in [0.15, 0.2) is 0 Å². The van der Waals surface area contributed by atoms with Gasteiger partial charge in [-0.15, -0.1) is 0 Å². The van der Waals surface area contributed by atoms with Crippen molar-refractivity contribution in [1.29, 1.82) is 0 Å². The molecule has 0 aromatic carbocycles. The van der Waals surface area contributed by atoms with E-state index in [0.29, 0.717) is 5.76 Å². The number of rotatable bonds is 16. The third kappa shape index (κ3) is 7.56. The number of hydrogen-bond donors (Lipinski definition) is 1. The second-order valence-corrected chi connectivity index (χ2v) is 21.0. The quantitative estimate of drug-likeness (QED) is 0.221. The van der Waals surface area contributed by atoms with Crippen molar-refractivity contribution in [1.82, 2.24) is 0 Å². The molecule has 0 fully saturated rings. The summed E-state index contributed by atoms with van der Waals surface area (Å²) in [6, 6.07) is 3.61. The SMILES string of the molecule is C=[C]([C@@H](OCOC)[C@@H](O)c1ccco1)[Sn]([CH2]CCC)([CH2]CCC)[CH2]CCC. The molecule has 1 aromatic heterocycles. The fourth-order valence-electron chi connectivity index (χ4n) is 3.84. The van der Waals surface area contributed by atoms with E-state index in [2.05, 4.69) is 27.4 Å². The van der Waals surface area contributed by atoms with Crippen molar-refractivity contribution in [2.45, 2.75) is 84.8 Å². The van der Waals surface area contributed by atoms with Crippen LogP contribution in [0.1, 0.15) is 71.2 Å². The third-order valence-corrected chi connectivity index (χ3v) is 21.5. The Balaban J connectivity index is 3.18. The Bertz CT molecular complexity index is 479. The standard InChI is InChI=1S/C10H13O4.3C4H9.Sn/c1-3-8(14-7-12-2)10(11)9-5-4-6-13-9;3*1-3-4-2;/h4-6,8,10-11H,1,7H2,2H3;3*1,3-4H2,2H3;/t8-,10-;;;;/m1..../s1. The zero-order chi connectivity index (χ0) is 20.1. The van der Waals surface area contributed by atoms with E-state index in [1.807, 2.05) is 6.07 Å². The molecule has 0 saturated heterocycles. The molecule has 0 bridgehead atoms. The molecule has 0 spiro atoms. The van der Waals surface area contributed by atoms with Crippen LogP contribution in [0.15, 0.2) is 33.0 Å². The van der Waals surface area contributed by atoms with Crippen LogP contribution in [0.25, 0.3) is 0 Å². The van der Waals surface area contributed by atoms with E-state index < -0.39 is 30.6 Å². The summed E-state index contributed by atoms with van der Waals surface area (Å²) in [6.07, 6.45) is 7.66. The van der Waals surface area contributed by atoms with Crippen LogP contribution in [-0.2, 0) is 9.47 Å². The van der Waals surface area contributed by atoms with Gasteiger partial charge in [0.25, 0.3) is 0 Å². The molecule has 0 saturated carbocycles. The van der Waals surface area contributed by atoms with Gasteiger partial charge in [0.05, 0.1) is 0 Å². The van der Waals surface area contributed by atoms with E-state index in [1.165, 1.54) is 55.4 Å². The van der Waals surface area contributed by atoms with Crippen LogP contribution in [0.3, 0.4) is 0 Å². The van der Waals surface area contributed by atoms with Crippen LogP contribution >= 0.6 is 0 Å². The molecule has 0 amide bonds. The number of aliphatic hydroxyl groups is 1. The van der Waals surface area contributed by atoms with Crippen LogP contribution in [0.2, 0.25) is 13.3 Å². The van der Waals surface area contributed by atoms with Gasteiger partial charge in [-0.05, 0) is 0 Å². The van der Waals surface area contributed by atoms with E-state index in [-0.39, 0.29) is 6.79 Å². The van der Waals surface area contributed by atoms with Crippen molar-refractivity contribution >= 4 is 18.4 Å². The maximum absolute atomic E-state index is 11.0. The van der Waals surface area contributed by atoms with Crippen molar-refractivity contribution in [3.63, 3.8) is 0 Å². The molecule has 1 rings (SSSR count). The number of ether oxygens (including phenoxy) is 2. The summed E-state index contributed by atoms with van der Waals surface area (Å²) in [5.41, 5.74) is 0. The van der Waals surface area contributed by atoms with Crippen LogP contribution in [-0.4, -0.2) is 43.5 Å². The van der Waals surface area contributed by atoms with Gasteiger partial charge in [-0.25, -0.2) is 0 Å². The van der Waals surface area contributed by atoms with Crippen molar-refractivity contribution in [3.8, 4) is 0 Å². The number of aliphatic hydroxyl groups excluding tert-OH is 1. The Morgan fingerprint density at radius 2 is 1.67 bits per heavy atom. The Morgan fingerprint density at radius 3 is 2.07 bits per heavy atom. The Morgan fingerprint density at radius 1 is 1.11 bits per heavy atom. The molecule has 0 aliphatic heterocycles. The molecular weight excluding hydrogens is 447 g/mol. The monoisotopic (exact) mass is 488 g/mol. The summed E-state index contributed by atoms with van der Waals surface area (Å²) in [5, 5.41) is 11.0. The Kier molecular flexibility index (Phi) is 12.6. The summed E-state index contributed by atoms with van der Waals surface area (Å²) in [4.78, 5) is 0. The van der Waals surface area contributed by atoms with Gasteiger partial charge >= 0.3 is 170 Å². The molecule has 1 N–H and O–H groups in total. The van der Waals surface area contributed by atoms with Crippen LogP contribution in [0, 0.1) is 0 Å². The van der Waals surface area contributed by atoms with Gasteiger partial charge in [0.1, 0.15) is 0 Å². The van der Waals surface area contributed by atoms with E-state index in [9.17, 15) is 5.11 Å². The molecule has 0 aliphatic rings. The predicted molar refractivity (Wildman–Crippen MR) is 114 cm³/mol. The van der Waals surface area contributed by atoms with Crippen molar-refractivity contribution in [2.24, 2.45) is 0 Å². The first-order valence-corrected chi connectivity index (χ1v) is 18.1. The average Bonchev–Trinajstić information content (AvgIpc) is 3.22. The number of unbranched alkanes of at least 4 members (excludes halogenated alkanes) is 3. The molecular formula is C22H40O4Sn. The molecule has 0 radical (unpaired) electrons. The van der Waals surface area contributed by atoms with Crippen molar-refractivity contribution in [2.75, 3.05) is 13.9 Å². The first-order chi connectivity index (χ1) is 13.1. The Labute approximate surface area is 170 Å². The molecule has 156 valence electrons. The number of furan rings is 1. The van der Waals surface area contributed by atoms with Crippen LogP contribution in [0.5, 0.6) is 0 Å². The minimum atomic E-state index is -2.75. The summed E-state index contributed by atoms with van der Waals surface area (Å²) in [5.74, 6) is 0.541. The molecule has 1 heterocycles. The summed E-state index contributed by atoms with van der Waals surface area (Å²) < 4.78 is 21.7. The predicted octanol–water partition coefficient (Wildman–Crippen LogP) is 6.25. The first-order valence-electron chi connectivity index (χ1n) is 10.6. The number of methoxy groups -OCH3 is 1. The zero-order valence-electron chi connectivity index (χ0n) is 17.8. The fraction of sp³-hybridized carbons (Fsp3) is 0.727. The minimum absolute atomic E-state index is 0.152. The molecule has 0 aliphatic carbocycles. The van der Waals surface area contributed by atoms with Gasteiger partial charge in [-0.3, -0.25) is 0 Å². The zero-order valence-corrected chi connectivity index (χ0v) is 20.7. The van der Waals surface area contributed by atoms with E-state index in [4.69, 9.17) is 13.9 Å². The van der Waals surface area contributed by atoms with Gasteiger partial charge in [0, 0.05) is 0 Å². The third-order valence-electron chi connectivity index (χ3n) is 5.54. The molecule has 2 atom stereocenters. The van der Waals surface area contributed by atoms with E-state index in [0.717, 1.165) is 0 Å². The van der Waals surface area contributed by atoms with Gasteiger partial charge in [0.2, 0.25) is 0 Å². The van der Waals surface area contributed by atoms with Crippen molar-refractivity contribution < 1.29 is 19.0 Å². The van der Waals surface area contributed by atoms with Crippen LogP contribution in [0.4, 0.5) is 0 Å². The van der Waals surface area contributed by atoms with Crippen molar-refractivity contribution in [3.05, 3.63) is 34.3 Å². The number of hydrogen-bond acceptors (Lipinski definition) is 4. The second-order valence-electron chi connectivity index (χ2n) is 7.57. The van der Waals surface area contributed by atoms with Gasteiger partial charge in [-0.1, -0.05) is 0 Å². The topological polar surface area (TPSA) is 51.8 Å². The maximum atomic E-state index is 11.0. The summed E-state index contributed by atoms with van der Waals surface area (Å²) in [7, 11) is 1.61. The molecule has 5 heteroatoms. The fourth-order valence-corrected chi connectivity index (χ4v) is 20.0. The van der Waals surface area contributed by atoms with Gasteiger partial charge in [-0.2, -0.15) is 0 Å². The summed E-state index contributed by atoms with van der Waals surface area (Å²) >= 11 is -2.75. The molecule has 27 heavy (non-hydrogen) atoms. The normalized spacial score (nSPS) is 14.3. The molecule has 4 nitrogen and oxygen atoms in total. The first kappa shape index (κ1) is 24.7. The van der Waals surface area contributed by atoms with E-state index >= 15 is 0 Å². The van der Waals surface area contributed by atoms with E-state index in [1.54, 1.807) is 19.4 Å². The summed E-state index contributed by atoms with van der Waals surface area (Å²) in [6.45, 7) is 11.5. The Hall–Kier alpha value is -0.301.